The van der Waals surface area contributed by atoms with Gasteiger partial charge in [0.05, 0.1) is 24.7 Å². The van der Waals surface area contributed by atoms with Gasteiger partial charge in [-0.25, -0.2) is 8.42 Å². The second kappa shape index (κ2) is 8.49. The summed E-state index contributed by atoms with van der Waals surface area (Å²) in [6.45, 7) is 5.62. The van der Waals surface area contributed by atoms with E-state index in [1.165, 1.54) is 0 Å². The summed E-state index contributed by atoms with van der Waals surface area (Å²) in [7, 11) is -2.87. The molecule has 1 amide bonds. The van der Waals surface area contributed by atoms with E-state index in [1.807, 2.05) is 35.2 Å². The predicted octanol–water partition coefficient (Wildman–Crippen LogP) is 0.391. The van der Waals surface area contributed by atoms with Crippen LogP contribution in [0.4, 0.5) is 0 Å². The first-order valence-corrected chi connectivity index (χ1v) is 12.0. The molecule has 0 N–H and O–H groups in total. The minimum Gasteiger partial charge on any atom is -0.378 e. The fourth-order valence-electron chi connectivity index (χ4n) is 4.53. The molecule has 3 aliphatic heterocycles. The van der Waals surface area contributed by atoms with E-state index < -0.39 is 9.84 Å². The molecule has 4 rings (SSSR count). The zero-order valence-electron chi connectivity index (χ0n) is 16.2. The Bertz CT molecular complexity index is 772. The van der Waals surface area contributed by atoms with Crippen molar-refractivity contribution in [1.29, 1.82) is 0 Å². The fourth-order valence-corrected chi connectivity index (χ4v) is 6.29. The van der Waals surface area contributed by atoms with Crippen molar-refractivity contribution in [3.8, 4) is 0 Å². The molecule has 3 aliphatic rings. The zero-order valence-corrected chi connectivity index (χ0v) is 17.0. The number of hydrogen-bond donors (Lipinski definition) is 0. The molecule has 0 saturated carbocycles. The molecule has 0 aliphatic carbocycles. The number of ether oxygens (including phenoxy) is 1. The van der Waals surface area contributed by atoms with Gasteiger partial charge in [-0.05, 0) is 12.0 Å². The summed E-state index contributed by atoms with van der Waals surface area (Å²) >= 11 is 0. The largest absolute Gasteiger partial charge is 0.378 e. The minimum absolute atomic E-state index is 0.136. The summed E-state index contributed by atoms with van der Waals surface area (Å²) in [5.74, 6) is 0.730. The van der Waals surface area contributed by atoms with E-state index >= 15 is 0 Å². The SMILES string of the molecule is O=C([C@H](c1ccccc1)N1CCN([C@@H]2CCS(=O)(=O)C2)CC1)N1CCOCC1. The van der Waals surface area contributed by atoms with Crippen molar-refractivity contribution in [2.75, 3.05) is 64.0 Å². The summed E-state index contributed by atoms with van der Waals surface area (Å²) in [6.07, 6.45) is 0.733. The van der Waals surface area contributed by atoms with Gasteiger partial charge < -0.3 is 9.64 Å². The van der Waals surface area contributed by atoms with Crippen LogP contribution >= 0.6 is 0 Å². The van der Waals surface area contributed by atoms with Crippen molar-refractivity contribution in [2.45, 2.75) is 18.5 Å². The molecular formula is C20H29N3O4S. The van der Waals surface area contributed by atoms with Gasteiger partial charge in [0.2, 0.25) is 5.91 Å². The van der Waals surface area contributed by atoms with Crippen LogP contribution in [0.15, 0.2) is 30.3 Å². The highest BCUT2D eigenvalue weighted by Crippen LogP contribution is 2.27. The lowest BCUT2D eigenvalue weighted by molar-refractivity contribution is -0.142. The highest BCUT2D eigenvalue weighted by molar-refractivity contribution is 7.91. The summed E-state index contributed by atoms with van der Waals surface area (Å²) in [5.41, 5.74) is 1.02. The van der Waals surface area contributed by atoms with Gasteiger partial charge in [0, 0.05) is 45.3 Å². The standard InChI is InChI=1S/C20H29N3O4S/c24-20(23-11-13-27-14-12-23)19(17-4-2-1-3-5-17)22-9-7-21(8-10-22)18-6-15-28(25,26)16-18/h1-5,18-19H,6-16H2/t18-,19+/m1/s1. The predicted molar refractivity (Wildman–Crippen MR) is 107 cm³/mol. The molecule has 2 atom stereocenters. The first-order chi connectivity index (χ1) is 13.5. The van der Waals surface area contributed by atoms with Crippen molar-refractivity contribution >= 4 is 15.7 Å². The number of benzene rings is 1. The number of piperazine rings is 1. The Hall–Kier alpha value is -1.48. The van der Waals surface area contributed by atoms with Crippen molar-refractivity contribution in [1.82, 2.24) is 14.7 Å². The number of sulfone groups is 1. The van der Waals surface area contributed by atoms with Gasteiger partial charge in [-0.2, -0.15) is 0 Å². The molecule has 3 heterocycles. The van der Waals surface area contributed by atoms with Gasteiger partial charge in [0.15, 0.2) is 9.84 Å². The fraction of sp³-hybridized carbons (Fsp3) is 0.650. The molecule has 0 radical (unpaired) electrons. The average molecular weight is 408 g/mol. The van der Waals surface area contributed by atoms with Crippen LogP contribution in [0.3, 0.4) is 0 Å². The number of morpholine rings is 1. The van der Waals surface area contributed by atoms with Crippen LogP contribution < -0.4 is 0 Å². The number of rotatable bonds is 4. The molecule has 0 bridgehead atoms. The lowest BCUT2D eigenvalue weighted by atomic mass is 10.0. The minimum atomic E-state index is -2.87. The lowest BCUT2D eigenvalue weighted by Gasteiger charge is -2.42. The summed E-state index contributed by atoms with van der Waals surface area (Å²) in [6, 6.07) is 9.84. The van der Waals surface area contributed by atoms with Crippen LogP contribution in [0.5, 0.6) is 0 Å². The normalized spacial score (nSPS) is 27.6. The first kappa shape index (κ1) is 19.8. The maximum absolute atomic E-state index is 13.4. The molecule has 1 aromatic rings. The lowest BCUT2D eigenvalue weighted by Crippen LogP contribution is -2.55. The van der Waals surface area contributed by atoms with E-state index in [0.717, 1.165) is 38.2 Å². The van der Waals surface area contributed by atoms with Gasteiger partial charge in [-0.15, -0.1) is 0 Å². The van der Waals surface area contributed by atoms with Crippen molar-refractivity contribution in [3.05, 3.63) is 35.9 Å². The number of nitrogens with zero attached hydrogens (tertiary/aromatic N) is 3. The van der Waals surface area contributed by atoms with Gasteiger partial charge in [-0.1, -0.05) is 30.3 Å². The first-order valence-electron chi connectivity index (χ1n) is 10.1. The van der Waals surface area contributed by atoms with Crippen LogP contribution in [-0.2, 0) is 19.4 Å². The van der Waals surface area contributed by atoms with E-state index in [9.17, 15) is 13.2 Å². The third kappa shape index (κ3) is 4.40. The highest BCUT2D eigenvalue weighted by atomic mass is 32.2. The van der Waals surface area contributed by atoms with Crippen LogP contribution in [-0.4, -0.2) is 99.1 Å². The number of hydrogen-bond acceptors (Lipinski definition) is 6. The van der Waals surface area contributed by atoms with E-state index in [-0.39, 0.29) is 23.7 Å². The zero-order chi connectivity index (χ0) is 19.6. The average Bonchev–Trinajstić information content (AvgIpc) is 3.10. The molecule has 154 valence electrons. The maximum Gasteiger partial charge on any atom is 0.244 e. The molecule has 3 saturated heterocycles. The Morgan fingerprint density at radius 2 is 1.68 bits per heavy atom. The number of carbonyl (C=O) groups excluding carboxylic acids is 1. The molecule has 8 heteroatoms. The van der Waals surface area contributed by atoms with Gasteiger partial charge in [-0.3, -0.25) is 14.6 Å². The Balaban J connectivity index is 1.46. The Morgan fingerprint density at radius 3 is 2.29 bits per heavy atom. The third-order valence-corrected chi connectivity index (χ3v) is 7.86. The summed E-state index contributed by atoms with van der Waals surface area (Å²) in [5, 5.41) is 0. The molecule has 0 aromatic heterocycles. The van der Waals surface area contributed by atoms with Crippen molar-refractivity contribution < 1.29 is 17.9 Å². The maximum atomic E-state index is 13.4. The second-order valence-corrected chi connectivity index (χ2v) is 10.1. The third-order valence-electron chi connectivity index (χ3n) is 6.11. The van der Waals surface area contributed by atoms with E-state index in [4.69, 9.17) is 4.74 Å². The Kier molecular flexibility index (Phi) is 6.01. The van der Waals surface area contributed by atoms with Crippen LogP contribution in [0.25, 0.3) is 0 Å². The highest BCUT2D eigenvalue weighted by Gasteiger charge is 2.37. The Labute approximate surface area is 167 Å². The Morgan fingerprint density at radius 1 is 1.00 bits per heavy atom. The molecular weight excluding hydrogens is 378 g/mol. The quantitative estimate of drug-likeness (QED) is 0.719. The van der Waals surface area contributed by atoms with Gasteiger partial charge in [0.25, 0.3) is 0 Å². The molecule has 7 nitrogen and oxygen atoms in total. The van der Waals surface area contributed by atoms with Crippen LogP contribution in [0, 0.1) is 0 Å². The van der Waals surface area contributed by atoms with Crippen molar-refractivity contribution in [3.63, 3.8) is 0 Å². The number of amides is 1. The molecule has 1 aromatic carbocycles. The smallest absolute Gasteiger partial charge is 0.244 e. The van der Waals surface area contributed by atoms with Crippen LogP contribution in [0.1, 0.15) is 18.0 Å². The monoisotopic (exact) mass is 407 g/mol. The molecule has 3 fully saturated rings. The molecule has 0 spiro atoms. The summed E-state index contributed by atoms with van der Waals surface area (Å²) in [4.78, 5) is 19.8. The van der Waals surface area contributed by atoms with Crippen LogP contribution in [0.2, 0.25) is 0 Å². The van der Waals surface area contributed by atoms with Crippen molar-refractivity contribution in [2.24, 2.45) is 0 Å². The van der Waals surface area contributed by atoms with Gasteiger partial charge >= 0.3 is 0 Å². The number of carbonyl (C=O) groups is 1. The van der Waals surface area contributed by atoms with Gasteiger partial charge in [0.1, 0.15) is 6.04 Å². The topological polar surface area (TPSA) is 70.2 Å². The summed E-state index contributed by atoms with van der Waals surface area (Å²) < 4.78 is 29.0. The van der Waals surface area contributed by atoms with E-state index in [1.54, 1.807) is 0 Å². The molecule has 0 unspecified atom stereocenters. The van der Waals surface area contributed by atoms with E-state index in [2.05, 4.69) is 9.80 Å². The molecule has 28 heavy (non-hydrogen) atoms. The van der Waals surface area contributed by atoms with E-state index in [0.29, 0.717) is 32.1 Å². The second-order valence-electron chi connectivity index (χ2n) is 7.88.